The third-order valence-corrected chi connectivity index (χ3v) is 4.76. The second kappa shape index (κ2) is 6.85. The van der Waals surface area contributed by atoms with Crippen LogP contribution >= 0.6 is 27.5 Å². The molecule has 0 amide bonds. The first-order valence-electron chi connectivity index (χ1n) is 7.06. The van der Waals surface area contributed by atoms with Gasteiger partial charge in [0, 0.05) is 5.02 Å². The molecule has 0 saturated heterocycles. The van der Waals surface area contributed by atoms with Crippen LogP contribution < -0.4 is 4.74 Å². The zero-order valence-corrected chi connectivity index (χ0v) is 15.1. The summed E-state index contributed by atoms with van der Waals surface area (Å²) >= 11 is 10.2. The van der Waals surface area contributed by atoms with Crippen LogP contribution in [0.5, 0.6) is 5.75 Å². The van der Waals surface area contributed by atoms with Crippen LogP contribution in [0.4, 0.5) is 0 Å². The number of ether oxygens (including phenoxy) is 1. The highest BCUT2D eigenvalue weighted by atomic mass is 79.9. The van der Waals surface area contributed by atoms with E-state index in [1.807, 2.05) is 32.0 Å². The minimum Gasteiger partial charge on any atom is -0.491 e. The van der Waals surface area contributed by atoms with Crippen LogP contribution in [-0.4, -0.2) is 6.10 Å². The van der Waals surface area contributed by atoms with Crippen molar-refractivity contribution >= 4 is 27.5 Å². The first kappa shape index (κ1) is 16.4. The second-order valence-electron chi connectivity index (χ2n) is 5.56. The molecule has 0 fully saturated rings. The minimum absolute atomic E-state index is 0.0556. The highest BCUT2D eigenvalue weighted by molar-refractivity contribution is 9.09. The maximum atomic E-state index is 6.41. The summed E-state index contributed by atoms with van der Waals surface area (Å²) in [6.45, 7) is 8.23. The maximum absolute atomic E-state index is 6.41. The number of rotatable bonds is 4. The standard InChI is InChI=1S/C18H20BrClO/c1-11(2)21-15-7-5-6-14(10-15)18(19)16-8-12(3)13(4)9-17(16)20/h5-11,18H,1-4H3. The number of hydrogen-bond donors (Lipinski definition) is 0. The Bertz CT molecular complexity index is 637. The average molecular weight is 368 g/mol. The number of halogens is 2. The van der Waals surface area contributed by atoms with Crippen molar-refractivity contribution in [3.63, 3.8) is 0 Å². The first-order valence-corrected chi connectivity index (χ1v) is 8.35. The Labute approximate surface area is 140 Å². The van der Waals surface area contributed by atoms with Gasteiger partial charge in [0.15, 0.2) is 0 Å². The Morgan fingerprint density at radius 3 is 2.38 bits per heavy atom. The van der Waals surface area contributed by atoms with E-state index < -0.39 is 0 Å². The monoisotopic (exact) mass is 366 g/mol. The van der Waals surface area contributed by atoms with E-state index >= 15 is 0 Å². The molecule has 0 N–H and O–H groups in total. The SMILES string of the molecule is Cc1cc(Cl)c(C(Br)c2cccc(OC(C)C)c2)cc1C. The van der Waals surface area contributed by atoms with E-state index in [-0.39, 0.29) is 10.9 Å². The molecule has 0 spiro atoms. The number of hydrogen-bond acceptors (Lipinski definition) is 1. The van der Waals surface area contributed by atoms with Crippen LogP contribution in [0.2, 0.25) is 5.02 Å². The summed E-state index contributed by atoms with van der Waals surface area (Å²) in [6.07, 6.45) is 0.166. The molecule has 3 heteroatoms. The molecule has 0 aliphatic carbocycles. The van der Waals surface area contributed by atoms with Gasteiger partial charge in [0.1, 0.15) is 5.75 Å². The molecule has 0 aliphatic rings. The van der Waals surface area contributed by atoms with Gasteiger partial charge in [0.05, 0.1) is 10.9 Å². The van der Waals surface area contributed by atoms with Crippen molar-refractivity contribution in [1.29, 1.82) is 0 Å². The van der Waals surface area contributed by atoms with Gasteiger partial charge < -0.3 is 4.74 Å². The van der Waals surface area contributed by atoms with Crippen LogP contribution in [0.3, 0.4) is 0 Å². The lowest BCUT2D eigenvalue weighted by molar-refractivity contribution is 0.242. The lowest BCUT2D eigenvalue weighted by Gasteiger charge is -2.16. The number of benzene rings is 2. The van der Waals surface area contributed by atoms with Crippen LogP contribution in [0.1, 0.15) is 40.9 Å². The minimum atomic E-state index is 0.0556. The Morgan fingerprint density at radius 1 is 1.05 bits per heavy atom. The van der Waals surface area contributed by atoms with Gasteiger partial charge in [-0.1, -0.05) is 45.7 Å². The summed E-state index contributed by atoms with van der Waals surface area (Å²) in [5.41, 5.74) is 4.67. The Morgan fingerprint density at radius 2 is 1.71 bits per heavy atom. The highest BCUT2D eigenvalue weighted by Gasteiger charge is 2.16. The summed E-state index contributed by atoms with van der Waals surface area (Å²) in [5.74, 6) is 0.881. The maximum Gasteiger partial charge on any atom is 0.120 e. The number of alkyl halides is 1. The highest BCUT2D eigenvalue weighted by Crippen LogP contribution is 2.37. The molecule has 21 heavy (non-hydrogen) atoms. The van der Waals surface area contributed by atoms with Crippen molar-refractivity contribution < 1.29 is 4.74 Å². The van der Waals surface area contributed by atoms with E-state index in [1.165, 1.54) is 11.1 Å². The summed E-state index contributed by atoms with van der Waals surface area (Å²) in [7, 11) is 0. The molecule has 2 aromatic rings. The van der Waals surface area contributed by atoms with E-state index in [2.05, 4.69) is 48.0 Å². The first-order chi connectivity index (χ1) is 9.88. The topological polar surface area (TPSA) is 9.23 Å². The molecular weight excluding hydrogens is 348 g/mol. The molecule has 1 nitrogen and oxygen atoms in total. The molecule has 1 atom stereocenters. The molecule has 112 valence electrons. The summed E-state index contributed by atoms with van der Waals surface area (Å²) in [4.78, 5) is 0.0556. The zero-order valence-electron chi connectivity index (χ0n) is 12.8. The van der Waals surface area contributed by atoms with Crippen LogP contribution in [0.25, 0.3) is 0 Å². The summed E-state index contributed by atoms with van der Waals surface area (Å²) < 4.78 is 5.76. The van der Waals surface area contributed by atoms with Gasteiger partial charge in [0.2, 0.25) is 0 Å². The van der Waals surface area contributed by atoms with Crippen molar-refractivity contribution in [1.82, 2.24) is 0 Å². The Kier molecular flexibility index (Phi) is 5.34. The predicted molar refractivity (Wildman–Crippen MR) is 93.9 cm³/mol. The molecule has 0 aliphatic heterocycles. The molecule has 1 unspecified atom stereocenters. The third kappa shape index (κ3) is 4.02. The van der Waals surface area contributed by atoms with E-state index in [9.17, 15) is 0 Å². The summed E-state index contributed by atoms with van der Waals surface area (Å²) in [5, 5.41) is 0.787. The molecule has 0 aromatic heterocycles. The second-order valence-corrected chi connectivity index (χ2v) is 6.88. The normalized spacial score (nSPS) is 12.5. The zero-order chi connectivity index (χ0) is 15.6. The lowest BCUT2D eigenvalue weighted by atomic mass is 10.00. The summed E-state index contributed by atoms with van der Waals surface area (Å²) in [6, 6.07) is 12.3. The van der Waals surface area contributed by atoms with Crippen molar-refractivity contribution in [2.75, 3.05) is 0 Å². The molecule has 2 rings (SSSR count). The van der Waals surface area contributed by atoms with Gasteiger partial charge >= 0.3 is 0 Å². The number of aryl methyl sites for hydroxylation is 2. The molecular formula is C18H20BrClO. The lowest BCUT2D eigenvalue weighted by Crippen LogP contribution is -2.06. The van der Waals surface area contributed by atoms with E-state index in [1.54, 1.807) is 0 Å². The molecule has 2 aromatic carbocycles. The smallest absolute Gasteiger partial charge is 0.120 e. The van der Waals surface area contributed by atoms with Crippen molar-refractivity contribution in [3.05, 3.63) is 63.7 Å². The van der Waals surface area contributed by atoms with E-state index in [0.717, 1.165) is 21.9 Å². The quantitative estimate of drug-likeness (QED) is 0.582. The molecule has 0 saturated carbocycles. The fourth-order valence-electron chi connectivity index (χ4n) is 2.19. The molecule has 0 heterocycles. The molecule has 0 bridgehead atoms. The van der Waals surface area contributed by atoms with Crippen molar-refractivity contribution in [2.24, 2.45) is 0 Å². The van der Waals surface area contributed by atoms with Gasteiger partial charge in [-0.3, -0.25) is 0 Å². The average Bonchev–Trinajstić information content (AvgIpc) is 2.41. The van der Waals surface area contributed by atoms with Gasteiger partial charge in [-0.2, -0.15) is 0 Å². The largest absolute Gasteiger partial charge is 0.491 e. The Balaban J connectivity index is 2.36. The van der Waals surface area contributed by atoms with Crippen molar-refractivity contribution in [3.8, 4) is 5.75 Å². The fraction of sp³-hybridized carbons (Fsp3) is 0.333. The van der Waals surface area contributed by atoms with Gasteiger partial charge in [-0.25, -0.2) is 0 Å². The van der Waals surface area contributed by atoms with E-state index in [4.69, 9.17) is 16.3 Å². The van der Waals surface area contributed by atoms with E-state index in [0.29, 0.717) is 0 Å². The van der Waals surface area contributed by atoms with Crippen LogP contribution in [0, 0.1) is 13.8 Å². The van der Waals surface area contributed by atoms with Gasteiger partial charge in [-0.05, 0) is 68.1 Å². The molecule has 0 radical (unpaired) electrons. The van der Waals surface area contributed by atoms with Gasteiger partial charge in [0.25, 0.3) is 0 Å². The van der Waals surface area contributed by atoms with Crippen molar-refractivity contribution in [2.45, 2.75) is 38.6 Å². The fourth-order valence-corrected chi connectivity index (χ4v) is 3.32. The Hall–Kier alpha value is -0.990. The third-order valence-electron chi connectivity index (χ3n) is 3.41. The van der Waals surface area contributed by atoms with Crippen LogP contribution in [0.15, 0.2) is 36.4 Å². The predicted octanol–water partition coefficient (Wildman–Crippen LogP) is 6.23. The van der Waals surface area contributed by atoms with Gasteiger partial charge in [-0.15, -0.1) is 0 Å². The van der Waals surface area contributed by atoms with Crippen LogP contribution in [-0.2, 0) is 0 Å².